The van der Waals surface area contributed by atoms with Crippen LogP contribution in [0.15, 0.2) is 194 Å². The van der Waals surface area contributed by atoms with Gasteiger partial charge in [-0.1, -0.05) is 146 Å². The zero-order valence-electron chi connectivity index (χ0n) is 28.4. The summed E-state index contributed by atoms with van der Waals surface area (Å²) in [6.07, 6.45) is -0.264. The molecule has 0 saturated carbocycles. The highest BCUT2D eigenvalue weighted by molar-refractivity contribution is 6.19. The van der Waals surface area contributed by atoms with Gasteiger partial charge in [-0.25, -0.2) is 0 Å². The van der Waals surface area contributed by atoms with Gasteiger partial charge in [-0.05, 0) is 92.3 Å². The van der Waals surface area contributed by atoms with Crippen molar-refractivity contribution in [1.82, 2.24) is 0 Å². The molecule has 1 aliphatic heterocycles. The van der Waals surface area contributed by atoms with Crippen LogP contribution in [0.4, 0.5) is 22.7 Å². The second-order valence-electron chi connectivity index (χ2n) is 13.4. The molecular weight excluding hydrogens is 633 g/mol. The molecule has 1 aliphatic rings. The van der Waals surface area contributed by atoms with Gasteiger partial charge in [0.05, 0.1) is 5.69 Å². The van der Waals surface area contributed by atoms with E-state index in [-0.39, 0.29) is 6.23 Å². The Kier molecular flexibility index (Phi) is 7.21. The van der Waals surface area contributed by atoms with Crippen molar-refractivity contribution in [2.75, 3.05) is 10.2 Å². The van der Waals surface area contributed by atoms with Crippen molar-refractivity contribution in [3.8, 4) is 28.0 Å². The summed E-state index contributed by atoms with van der Waals surface area (Å²) in [4.78, 5) is 2.35. The van der Waals surface area contributed by atoms with E-state index in [9.17, 15) is 0 Å². The third-order valence-electron chi connectivity index (χ3n) is 10.3. The second kappa shape index (κ2) is 12.5. The number of rotatable bonds is 6. The Morgan fingerprint density at radius 2 is 1.02 bits per heavy atom. The van der Waals surface area contributed by atoms with Crippen molar-refractivity contribution < 1.29 is 4.74 Å². The Bertz CT molecular complexity index is 2720. The zero-order valence-corrected chi connectivity index (χ0v) is 28.4. The highest BCUT2D eigenvalue weighted by Crippen LogP contribution is 2.50. The first-order valence-electron chi connectivity index (χ1n) is 17.8. The van der Waals surface area contributed by atoms with Gasteiger partial charge in [0.15, 0.2) is 12.0 Å². The summed E-state index contributed by atoms with van der Waals surface area (Å²) in [5.41, 5.74) is 10.2. The summed E-state index contributed by atoms with van der Waals surface area (Å²) in [6.45, 7) is 0. The van der Waals surface area contributed by atoms with Crippen molar-refractivity contribution in [3.63, 3.8) is 0 Å². The SMILES string of the molecule is c1ccc(-c2ccc3c4c(c5ccc(N(c6ccccc6)c6ccc(-c7cccc8ccccc78)cc6)cc5c3c2)OC(c2ccccc2)N4)cc1. The van der Waals surface area contributed by atoms with Crippen LogP contribution >= 0.6 is 0 Å². The summed E-state index contributed by atoms with van der Waals surface area (Å²) in [5, 5.41) is 10.8. The topological polar surface area (TPSA) is 24.5 Å². The van der Waals surface area contributed by atoms with Gasteiger partial charge in [-0.3, -0.25) is 0 Å². The van der Waals surface area contributed by atoms with Gasteiger partial charge < -0.3 is 15.0 Å². The molecule has 1 heterocycles. The molecule has 246 valence electrons. The maximum absolute atomic E-state index is 6.76. The van der Waals surface area contributed by atoms with Gasteiger partial charge in [0.2, 0.25) is 0 Å². The molecule has 0 spiro atoms. The molecule has 1 unspecified atom stereocenters. The summed E-state index contributed by atoms with van der Waals surface area (Å²) in [7, 11) is 0. The Morgan fingerprint density at radius 3 is 1.83 bits per heavy atom. The molecular formula is C49H34N2O. The third-order valence-corrected chi connectivity index (χ3v) is 10.3. The van der Waals surface area contributed by atoms with E-state index in [0.717, 1.165) is 50.2 Å². The minimum Gasteiger partial charge on any atom is -0.464 e. The normalized spacial score (nSPS) is 13.5. The number of fused-ring (bicyclic) bond motifs is 7. The van der Waals surface area contributed by atoms with Crippen LogP contribution in [-0.4, -0.2) is 0 Å². The van der Waals surface area contributed by atoms with Crippen molar-refractivity contribution >= 4 is 55.1 Å². The average molecular weight is 667 g/mol. The molecule has 52 heavy (non-hydrogen) atoms. The lowest BCUT2D eigenvalue weighted by Gasteiger charge is -2.26. The summed E-state index contributed by atoms with van der Waals surface area (Å²) < 4.78 is 6.76. The molecule has 0 amide bonds. The van der Waals surface area contributed by atoms with Crippen LogP contribution in [0.1, 0.15) is 11.8 Å². The van der Waals surface area contributed by atoms with Crippen molar-refractivity contribution in [2.24, 2.45) is 0 Å². The fraction of sp³-hybridized carbons (Fsp3) is 0.0204. The van der Waals surface area contributed by atoms with E-state index in [0.29, 0.717) is 0 Å². The minimum atomic E-state index is -0.264. The standard InChI is InChI=1S/C49H34N2O/c1-4-13-33(14-5-1)37-25-29-43-45(31-37)46-32-40(28-30-44(46)48-47(43)50-49(52-48)36-16-6-2-7-17-36)51(38-19-8-3-9-20-38)39-26-23-35(24-27-39)42-22-12-18-34-15-10-11-21-41(34)42/h1-32,49-50H. The molecule has 9 aromatic rings. The molecule has 1 atom stereocenters. The summed E-state index contributed by atoms with van der Waals surface area (Å²) >= 11 is 0. The van der Waals surface area contributed by atoms with Crippen LogP contribution in [0.2, 0.25) is 0 Å². The van der Waals surface area contributed by atoms with E-state index >= 15 is 0 Å². The van der Waals surface area contributed by atoms with Crippen LogP contribution in [0.5, 0.6) is 5.75 Å². The zero-order chi connectivity index (χ0) is 34.4. The predicted octanol–water partition coefficient (Wildman–Crippen LogP) is 13.5. The Morgan fingerprint density at radius 1 is 0.404 bits per heavy atom. The number of nitrogens with one attached hydrogen (secondary N) is 1. The van der Waals surface area contributed by atoms with Gasteiger partial charge >= 0.3 is 0 Å². The van der Waals surface area contributed by atoms with Gasteiger partial charge in [0, 0.05) is 33.4 Å². The fourth-order valence-corrected chi connectivity index (χ4v) is 7.76. The number of anilines is 4. The first-order valence-corrected chi connectivity index (χ1v) is 17.8. The van der Waals surface area contributed by atoms with Gasteiger partial charge in [0.25, 0.3) is 0 Å². The Labute approximate surface area is 303 Å². The van der Waals surface area contributed by atoms with Crippen LogP contribution in [0.3, 0.4) is 0 Å². The third kappa shape index (κ3) is 5.14. The van der Waals surface area contributed by atoms with E-state index in [4.69, 9.17) is 4.74 Å². The number of ether oxygens (including phenoxy) is 1. The van der Waals surface area contributed by atoms with Crippen molar-refractivity contribution in [3.05, 3.63) is 200 Å². The van der Waals surface area contributed by atoms with E-state index in [1.54, 1.807) is 0 Å². The molecule has 0 aliphatic carbocycles. The van der Waals surface area contributed by atoms with Crippen LogP contribution in [-0.2, 0) is 0 Å². The molecule has 3 nitrogen and oxygen atoms in total. The molecule has 0 saturated heterocycles. The highest BCUT2D eigenvalue weighted by Gasteiger charge is 2.29. The lowest BCUT2D eigenvalue weighted by Crippen LogP contribution is -2.10. The molecule has 3 heteroatoms. The Hall–Kier alpha value is -6.84. The lowest BCUT2D eigenvalue weighted by molar-refractivity contribution is 0.262. The smallest absolute Gasteiger partial charge is 0.196 e. The molecule has 9 aromatic carbocycles. The number of benzene rings is 9. The molecule has 0 bridgehead atoms. The summed E-state index contributed by atoms with van der Waals surface area (Å²) in [5.74, 6) is 0.890. The monoisotopic (exact) mass is 666 g/mol. The molecule has 10 rings (SSSR count). The van der Waals surface area contributed by atoms with Gasteiger partial charge in [0.1, 0.15) is 0 Å². The van der Waals surface area contributed by atoms with Crippen molar-refractivity contribution in [2.45, 2.75) is 6.23 Å². The van der Waals surface area contributed by atoms with E-state index in [1.807, 2.05) is 6.07 Å². The minimum absolute atomic E-state index is 0.264. The van der Waals surface area contributed by atoms with E-state index in [2.05, 4.69) is 198 Å². The van der Waals surface area contributed by atoms with Crippen LogP contribution in [0.25, 0.3) is 54.6 Å². The second-order valence-corrected chi connectivity index (χ2v) is 13.4. The lowest BCUT2D eigenvalue weighted by atomic mass is 9.94. The number of hydrogen-bond acceptors (Lipinski definition) is 3. The van der Waals surface area contributed by atoms with Crippen LogP contribution in [0, 0.1) is 0 Å². The largest absolute Gasteiger partial charge is 0.464 e. The maximum Gasteiger partial charge on any atom is 0.196 e. The molecule has 0 fully saturated rings. The van der Waals surface area contributed by atoms with E-state index < -0.39 is 0 Å². The average Bonchev–Trinajstić information content (AvgIpc) is 3.68. The highest BCUT2D eigenvalue weighted by atomic mass is 16.5. The quantitative estimate of drug-likeness (QED) is 0.179. The van der Waals surface area contributed by atoms with Gasteiger partial charge in [-0.15, -0.1) is 0 Å². The molecule has 0 aromatic heterocycles. The van der Waals surface area contributed by atoms with E-state index in [1.165, 1.54) is 38.4 Å². The number of para-hydroxylation sites is 1. The number of hydrogen-bond donors (Lipinski definition) is 1. The van der Waals surface area contributed by atoms with Crippen LogP contribution < -0.4 is 15.0 Å². The summed E-state index contributed by atoms with van der Waals surface area (Å²) in [6, 6.07) is 69.3. The first kappa shape index (κ1) is 30.0. The first-order chi connectivity index (χ1) is 25.8. The molecule has 0 radical (unpaired) electrons. The predicted molar refractivity (Wildman–Crippen MR) is 218 cm³/mol. The Balaban J connectivity index is 1.15. The fourth-order valence-electron chi connectivity index (χ4n) is 7.76. The van der Waals surface area contributed by atoms with Crippen molar-refractivity contribution in [1.29, 1.82) is 0 Å². The number of nitrogens with zero attached hydrogens (tertiary/aromatic N) is 1. The maximum atomic E-state index is 6.76. The molecule has 1 N–H and O–H groups in total. The van der Waals surface area contributed by atoms with Gasteiger partial charge in [-0.2, -0.15) is 0 Å².